The molecule has 20 nitrogen and oxygen atoms in total. The number of phenols is 5. The van der Waals surface area contributed by atoms with Gasteiger partial charge in [0.2, 0.25) is 12.0 Å². The van der Waals surface area contributed by atoms with Crippen molar-refractivity contribution < 1.29 is 98.9 Å². The van der Waals surface area contributed by atoms with Gasteiger partial charge >= 0.3 is 5.97 Å². The summed E-state index contributed by atoms with van der Waals surface area (Å²) in [4.78, 5) is 12.5. The Balaban J connectivity index is 1.13. The summed E-state index contributed by atoms with van der Waals surface area (Å²) in [5.74, 6) is -2.61. The highest BCUT2D eigenvalue weighted by atomic mass is 16.7. The molecule has 6 rings (SSSR count). The van der Waals surface area contributed by atoms with E-state index in [4.69, 9.17) is 33.2 Å². The molecule has 0 amide bonds. The molecular weight excluding hydrogens is 776 g/mol. The molecule has 3 aliphatic rings. The summed E-state index contributed by atoms with van der Waals surface area (Å²) in [6.07, 6.45) is -15.0. The molecule has 3 aromatic carbocycles. The Labute approximate surface area is 328 Å². The summed E-state index contributed by atoms with van der Waals surface area (Å²) in [6, 6.07) is 8.93. The second kappa shape index (κ2) is 17.5. The van der Waals surface area contributed by atoms with Crippen LogP contribution in [0.4, 0.5) is 0 Å². The van der Waals surface area contributed by atoms with E-state index >= 15 is 0 Å². The lowest BCUT2D eigenvalue weighted by molar-refractivity contribution is -0.328. The van der Waals surface area contributed by atoms with Crippen molar-refractivity contribution in [2.45, 2.75) is 67.5 Å². The van der Waals surface area contributed by atoms with Crippen molar-refractivity contribution >= 4 is 18.1 Å². The summed E-state index contributed by atoms with van der Waals surface area (Å²) in [5, 5.41) is 115. The van der Waals surface area contributed by atoms with Gasteiger partial charge in [-0.2, -0.15) is 0 Å². The highest BCUT2D eigenvalue weighted by Gasteiger charge is 2.49. The highest BCUT2D eigenvalue weighted by molar-refractivity contribution is 5.87. The minimum absolute atomic E-state index is 0.0816. The van der Waals surface area contributed by atoms with Crippen LogP contribution in [-0.2, 0) is 28.5 Å². The molecule has 11 atom stereocenters. The second-order valence-electron chi connectivity index (χ2n) is 13.4. The van der Waals surface area contributed by atoms with Crippen LogP contribution < -0.4 is 9.47 Å². The molecule has 3 aliphatic heterocycles. The molecule has 0 aromatic heterocycles. The van der Waals surface area contributed by atoms with E-state index in [1.54, 1.807) is 0 Å². The number of aliphatic hydroxyl groups excluding tert-OH is 6. The molecule has 0 bridgehead atoms. The number of rotatable bonds is 12. The van der Waals surface area contributed by atoms with Gasteiger partial charge in [-0.1, -0.05) is 0 Å². The summed E-state index contributed by atoms with van der Waals surface area (Å²) < 4.78 is 42.8. The largest absolute Gasteiger partial charge is 0.571 e. The van der Waals surface area contributed by atoms with Crippen LogP contribution in [0.5, 0.6) is 46.0 Å². The first kappa shape index (κ1) is 42.1. The van der Waals surface area contributed by atoms with Crippen LogP contribution in [0, 0.1) is 0 Å². The molecule has 0 spiro atoms. The Kier molecular flexibility index (Phi) is 12.7. The third kappa shape index (κ3) is 8.79. The van der Waals surface area contributed by atoms with Gasteiger partial charge in [-0.05, 0) is 42.0 Å². The smallest absolute Gasteiger partial charge is 0.330 e. The molecule has 2 saturated heterocycles. The maximum absolute atomic E-state index is 12.5. The monoisotopic (exact) mass is 819 g/mol. The third-order valence-electron chi connectivity index (χ3n) is 9.58. The maximum atomic E-state index is 12.5. The zero-order valence-corrected chi connectivity index (χ0v) is 30.7. The number of aliphatic hydroxyl groups is 7. The van der Waals surface area contributed by atoms with Crippen LogP contribution >= 0.6 is 0 Å². The van der Waals surface area contributed by atoms with Crippen LogP contribution in [0.15, 0.2) is 54.3 Å². The number of benzene rings is 3. The number of fused-ring (bicyclic) bond motifs is 1. The van der Waals surface area contributed by atoms with Crippen molar-refractivity contribution in [1.29, 1.82) is 0 Å². The van der Waals surface area contributed by atoms with Crippen LogP contribution in [0.1, 0.15) is 22.8 Å². The molecule has 0 radical (unpaired) electrons. The first-order valence-corrected chi connectivity index (χ1v) is 17.6. The number of methoxy groups -OCH3 is 2. The molecule has 1 unspecified atom stereocenters. The minimum atomic E-state index is -1.91. The average Bonchev–Trinajstić information content (AvgIpc) is 3.20. The number of esters is 1. The molecule has 58 heavy (non-hydrogen) atoms. The normalized spacial score (nSPS) is 29.5. The lowest BCUT2D eigenvalue weighted by Crippen LogP contribution is -2.61. The number of hydrogen-bond donors (Lipinski definition) is 11. The van der Waals surface area contributed by atoms with E-state index in [1.165, 1.54) is 62.8 Å². The SMILES string of the molecule is COc1cc(/C=C/C(=O)OC[C@H]2O[C@@H](OC[C@@H]3O[C@@H](OC4=Cc5c(O)cc(O)cc5[OH+]C4c4ccc(O)c(O)c4)[C@H](O)[C@@H](O)[C@@H]3O)[C@H](O)[C@@H](O)[C@@H]2O)cc(OC)c1O. The van der Waals surface area contributed by atoms with Crippen molar-refractivity contribution in [3.8, 4) is 46.0 Å². The quantitative estimate of drug-likeness (QED) is 0.0474. The number of hydrogen-bond acceptors (Lipinski definition) is 19. The minimum Gasteiger partial charge on any atom is -0.571 e. The summed E-state index contributed by atoms with van der Waals surface area (Å²) in [5.41, 5.74) is 0.743. The van der Waals surface area contributed by atoms with Gasteiger partial charge in [0.05, 0.1) is 32.5 Å². The van der Waals surface area contributed by atoms with Crippen molar-refractivity contribution in [3.05, 3.63) is 71.0 Å². The van der Waals surface area contributed by atoms with Crippen LogP contribution in [-0.4, -0.2) is 156 Å². The van der Waals surface area contributed by atoms with Gasteiger partial charge in [0.1, 0.15) is 72.5 Å². The summed E-state index contributed by atoms with van der Waals surface area (Å²) in [7, 11) is 2.66. The van der Waals surface area contributed by atoms with E-state index < -0.39 is 104 Å². The Bertz CT molecular complexity index is 1990. The lowest BCUT2D eigenvalue weighted by atomic mass is 9.98. The molecule has 12 N–H and O–H groups in total. The van der Waals surface area contributed by atoms with Crippen molar-refractivity contribution in [2.75, 3.05) is 27.4 Å². The maximum Gasteiger partial charge on any atom is 0.330 e. The van der Waals surface area contributed by atoms with E-state index in [0.717, 1.165) is 12.1 Å². The Hall–Kier alpha value is -5.55. The van der Waals surface area contributed by atoms with Gasteiger partial charge in [0.25, 0.3) is 11.9 Å². The van der Waals surface area contributed by atoms with Crippen molar-refractivity contribution in [3.63, 3.8) is 0 Å². The Morgan fingerprint density at radius 3 is 1.98 bits per heavy atom. The summed E-state index contributed by atoms with van der Waals surface area (Å²) in [6.45, 7) is -1.30. The first-order chi connectivity index (χ1) is 27.6. The van der Waals surface area contributed by atoms with E-state index in [1.807, 2.05) is 0 Å². The van der Waals surface area contributed by atoms with Crippen molar-refractivity contribution in [2.24, 2.45) is 0 Å². The Morgan fingerprint density at radius 1 is 0.724 bits per heavy atom. The molecule has 2 fully saturated rings. The van der Waals surface area contributed by atoms with Gasteiger partial charge in [-0.3, -0.25) is 0 Å². The number of carbonyl (C=O) groups is 1. The number of carbonyl (C=O) groups excluding carboxylic acids is 1. The molecular formula is C38H43O20+. The molecule has 0 aliphatic carbocycles. The first-order valence-electron chi connectivity index (χ1n) is 17.6. The van der Waals surface area contributed by atoms with Crippen LogP contribution in [0.25, 0.3) is 12.2 Å². The molecule has 20 heteroatoms. The summed E-state index contributed by atoms with van der Waals surface area (Å²) >= 11 is 0. The van der Waals surface area contributed by atoms with E-state index in [-0.39, 0.29) is 45.6 Å². The highest BCUT2D eigenvalue weighted by Crippen LogP contribution is 2.46. The predicted molar refractivity (Wildman–Crippen MR) is 194 cm³/mol. The second-order valence-corrected chi connectivity index (χ2v) is 13.4. The van der Waals surface area contributed by atoms with Crippen LogP contribution in [0.3, 0.4) is 0 Å². The van der Waals surface area contributed by atoms with E-state index in [9.17, 15) is 61.0 Å². The van der Waals surface area contributed by atoms with Crippen molar-refractivity contribution in [1.82, 2.24) is 0 Å². The van der Waals surface area contributed by atoms with E-state index in [2.05, 4.69) is 4.74 Å². The fourth-order valence-electron chi connectivity index (χ4n) is 6.39. The standard InChI is InChI=1S/C38H42O20/c1-51-23-7-15(8-24(52-2)29(23)44)3-6-28(43)53-13-26-30(45)32(47)34(49)37(57-26)54-14-27-31(46)33(48)35(50)38(58-27)56-25-12-18-20(41)10-17(39)11-22(18)55-36(25)16-4-5-19(40)21(42)9-16/h3-12,26-27,30-42,44-50H,13-14H2,1-2H3/p+1/b6-3+/t26-,27+,30-,31-,32+,33+,34-,35-,36?,37-,38-/m1/s1. The average molecular weight is 820 g/mol. The predicted octanol–water partition coefficient (Wildman–Crippen LogP) is -0.526. The molecule has 3 heterocycles. The zero-order valence-electron chi connectivity index (χ0n) is 30.7. The van der Waals surface area contributed by atoms with Gasteiger partial charge in [0, 0.05) is 18.2 Å². The molecule has 0 saturated carbocycles. The topological polar surface area (TPSA) is 317 Å². The fraction of sp³-hybridized carbons (Fsp3) is 0.395. The number of ether oxygens (including phenoxy) is 8. The molecule has 314 valence electrons. The number of aromatic hydroxyl groups is 6. The lowest BCUT2D eigenvalue weighted by Gasteiger charge is -2.43. The fourth-order valence-corrected chi connectivity index (χ4v) is 6.39. The van der Waals surface area contributed by atoms with Gasteiger partial charge < -0.3 is 94.1 Å². The van der Waals surface area contributed by atoms with Crippen LogP contribution in [0.2, 0.25) is 0 Å². The van der Waals surface area contributed by atoms with E-state index in [0.29, 0.717) is 5.56 Å². The third-order valence-corrected chi connectivity index (χ3v) is 9.58. The van der Waals surface area contributed by atoms with Gasteiger partial charge in [-0.15, -0.1) is 0 Å². The van der Waals surface area contributed by atoms with Gasteiger partial charge in [-0.25, -0.2) is 4.79 Å². The van der Waals surface area contributed by atoms with Gasteiger partial charge in [0.15, 0.2) is 35.0 Å². The Morgan fingerprint density at radius 2 is 1.34 bits per heavy atom. The number of phenolic OH excluding ortho intramolecular Hbond substituents is 5. The molecule has 3 aromatic rings. The zero-order chi connectivity index (χ0) is 42.0.